The Hall–Kier alpha value is -0.700. The van der Waals surface area contributed by atoms with Gasteiger partial charge in [-0.05, 0) is 24.4 Å². The molecule has 0 N–H and O–H groups in total. The summed E-state index contributed by atoms with van der Waals surface area (Å²) in [4.78, 5) is 4.09. The Bertz CT molecular complexity index is 260. The fraction of sp³-hybridized carbons (Fsp3) is 0.571. The van der Waals surface area contributed by atoms with Crippen LogP contribution in [0.4, 0.5) is 0 Å². The average molecular weight is 170 g/mol. The lowest BCUT2D eigenvalue weighted by atomic mass is 9.83. The van der Waals surface area contributed by atoms with Crippen LogP contribution < -0.4 is 0 Å². The van der Waals surface area contributed by atoms with Gasteiger partial charge in [0.1, 0.15) is 0 Å². The molecular weight excluding hydrogens is 162 g/mol. The van der Waals surface area contributed by atoms with Crippen molar-refractivity contribution in [3.8, 4) is 0 Å². The molecule has 2 rings (SSSR count). The summed E-state index contributed by atoms with van der Waals surface area (Å²) in [7, 11) is 0. The molecule has 1 aliphatic rings. The van der Waals surface area contributed by atoms with Crippen LogP contribution in [0.25, 0.3) is 0 Å². The lowest BCUT2D eigenvalue weighted by Gasteiger charge is -2.23. The van der Waals surface area contributed by atoms with Crippen LogP contribution in [-0.4, -0.2) is 15.2 Å². The summed E-state index contributed by atoms with van der Waals surface area (Å²) in [6.45, 7) is 0. The summed E-state index contributed by atoms with van der Waals surface area (Å²) >= 11 is 5.59. The lowest BCUT2D eigenvalue weighted by Crippen LogP contribution is -2.11. The van der Waals surface area contributed by atoms with Crippen molar-refractivity contribution in [3.63, 3.8) is 0 Å². The first-order valence-corrected chi connectivity index (χ1v) is 4.09. The zero-order valence-electron chi connectivity index (χ0n) is 6.00. The molecule has 0 amide bonds. The molecule has 0 unspecified atom stereocenters. The summed E-state index contributed by atoms with van der Waals surface area (Å²) in [5.74, 6) is 0.586. The number of rotatable bonds is 1. The Kier molecular flexibility index (Phi) is 1.74. The van der Waals surface area contributed by atoms with Gasteiger partial charge in [0.05, 0.1) is 11.9 Å². The van der Waals surface area contributed by atoms with Gasteiger partial charge in [-0.25, -0.2) is 4.98 Å². The fourth-order valence-corrected chi connectivity index (χ4v) is 1.34. The molecule has 0 spiro atoms. The highest BCUT2D eigenvalue weighted by Crippen LogP contribution is 2.34. The maximum absolute atomic E-state index is 5.59. The number of aromatic nitrogens is 3. The minimum atomic E-state index is 0.259. The monoisotopic (exact) mass is 169 g/mol. The fourth-order valence-electron chi connectivity index (χ4n) is 1.19. The molecule has 1 heterocycles. The van der Waals surface area contributed by atoms with E-state index in [1.165, 1.54) is 19.3 Å². The van der Waals surface area contributed by atoms with Gasteiger partial charge in [0.2, 0.25) is 5.28 Å². The van der Waals surface area contributed by atoms with Crippen LogP contribution in [-0.2, 0) is 0 Å². The molecule has 4 heteroatoms. The first-order chi connectivity index (χ1) is 5.36. The summed E-state index contributed by atoms with van der Waals surface area (Å²) < 4.78 is 0. The van der Waals surface area contributed by atoms with Crippen molar-refractivity contribution in [2.75, 3.05) is 0 Å². The summed E-state index contributed by atoms with van der Waals surface area (Å²) in [5.41, 5.74) is 0.997. The van der Waals surface area contributed by atoms with Crippen molar-refractivity contribution in [2.24, 2.45) is 0 Å². The number of halogens is 1. The van der Waals surface area contributed by atoms with E-state index in [2.05, 4.69) is 15.2 Å². The number of hydrogen-bond donors (Lipinski definition) is 0. The van der Waals surface area contributed by atoms with Crippen LogP contribution in [0.3, 0.4) is 0 Å². The highest BCUT2D eigenvalue weighted by atomic mass is 35.5. The van der Waals surface area contributed by atoms with Crippen molar-refractivity contribution < 1.29 is 0 Å². The zero-order valence-corrected chi connectivity index (χ0v) is 6.75. The quantitative estimate of drug-likeness (QED) is 0.644. The molecule has 0 aromatic carbocycles. The minimum absolute atomic E-state index is 0.259. The van der Waals surface area contributed by atoms with Gasteiger partial charge in [0.25, 0.3) is 0 Å². The molecule has 0 aliphatic heterocycles. The molecule has 1 aliphatic carbocycles. The first-order valence-electron chi connectivity index (χ1n) is 3.71. The predicted molar refractivity (Wildman–Crippen MR) is 41.4 cm³/mol. The topological polar surface area (TPSA) is 38.7 Å². The number of hydrogen-bond acceptors (Lipinski definition) is 3. The molecule has 0 bridgehead atoms. The summed E-state index contributed by atoms with van der Waals surface area (Å²) in [6, 6.07) is 0. The first kappa shape index (κ1) is 6.98. The zero-order chi connectivity index (χ0) is 7.68. The van der Waals surface area contributed by atoms with E-state index >= 15 is 0 Å². The Balaban J connectivity index is 2.23. The maximum atomic E-state index is 5.59. The van der Waals surface area contributed by atoms with Crippen LogP contribution in [0.15, 0.2) is 6.20 Å². The van der Waals surface area contributed by atoms with Gasteiger partial charge in [-0.3, -0.25) is 0 Å². The van der Waals surface area contributed by atoms with Crippen LogP contribution in [0.5, 0.6) is 0 Å². The molecule has 3 nitrogen and oxygen atoms in total. The molecule has 1 saturated carbocycles. The third-order valence-electron chi connectivity index (χ3n) is 2.08. The second-order valence-corrected chi connectivity index (χ2v) is 3.12. The third kappa shape index (κ3) is 1.33. The average Bonchev–Trinajstić information content (AvgIpc) is 1.83. The summed E-state index contributed by atoms with van der Waals surface area (Å²) in [5, 5.41) is 7.59. The van der Waals surface area contributed by atoms with Crippen LogP contribution in [0, 0.1) is 0 Å². The van der Waals surface area contributed by atoms with Crippen molar-refractivity contribution in [1.82, 2.24) is 15.2 Å². The van der Waals surface area contributed by atoms with Gasteiger partial charge in [-0.1, -0.05) is 6.42 Å². The van der Waals surface area contributed by atoms with Crippen molar-refractivity contribution in [3.05, 3.63) is 17.2 Å². The normalized spacial score (nSPS) is 17.9. The van der Waals surface area contributed by atoms with E-state index in [1.54, 1.807) is 6.20 Å². The molecule has 11 heavy (non-hydrogen) atoms. The standard InChI is InChI=1S/C7H8ClN3/c8-7-10-6(4-9-11-7)5-2-1-3-5/h4-5H,1-3H2. The second kappa shape index (κ2) is 2.74. The Labute approximate surface area is 69.8 Å². The van der Waals surface area contributed by atoms with Crippen LogP contribution in [0.1, 0.15) is 30.9 Å². The predicted octanol–water partition coefficient (Wildman–Crippen LogP) is 1.79. The van der Waals surface area contributed by atoms with E-state index in [4.69, 9.17) is 11.6 Å². The number of nitrogens with zero attached hydrogens (tertiary/aromatic N) is 3. The van der Waals surface area contributed by atoms with E-state index in [0.717, 1.165) is 5.69 Å². The highest BCUT2D eigenvalue weighted by molar-refractivity contribution is 6.28. The lowest BCUT2D eigenvalue weighted by molar-refractivity contribution is 0.409. The molecule has 0 radical (unpaired) electrons. The van der Waals surface area contributed by atoms with Crippen molar-refractivity contribution >= 4 is 11.6 Å². The van der Waals surface area contributed by atoms with Gasteiger partial charge < -0.3 is 0 Å². The van der Waals surface area contributed by atoms with Crippen LogP contribution >= 0.6 is 11.6 Å². The van der Waals surface area contributed by atoms with Crippen LogP contribution in [0.2, 0.25) is 5.28 Å². The molecular formula is C7H8ClN3. The van der Waals surface area contributed by atoms with Gasteiger partial charge in [0.15, 0.2) is 0 Å². The second-order valence-electron chi connectivity index (χ2n) is 2.78. The largest absolute Gasteiger partial charge is 0.243 e. The van der Waals surface area contributed by atoms with E-state index < -0.39 is 0 Å². The Morgan fingerprint density at radius 3 is 2.82 bits per heavy atom. The van der Waals surface area contributed by atoms with Crippen molar-refractivity contribution in [1.29, 1.82) is 0 Å². The smallest absolute Gasteiger partial charge is 0.220 e. The SMILES string of the molecule is Clc1nncc(C2CCC2)n1. The highest BCUT2D eigenvalue weighted by Gasteiger charge is 2.21. The van der Waals surface area contributed by atoms with E-state index in [9.17, 15) is 0 Å². The maximum Gasteiger partial charge on any atom is 0.243 e. The third-order valence-corrected chi connectivity index (χ3v) is 2.24. The Morgan fingerprint density at radius 1 is 1.45 bits per heavy atom. The van der Waals surface area contributed by atoms with Gasteiger partial charge in [-0.2, -0.15) is 5.10 Å². The molecule has 1 aromatic rings. The summed E-state index contributed by atoms with van der Waals surface area (Å²) in [6.07, 6.45) is 5.44. The molecule has 1 fully saturated rings. The molecule has 0 saturated heterocycles. The van der Waals surface area contributed by atoms with Crippen molar-refractivity contribution in [2.45, 2.75) is 25.2 Å². The van der Waals surface area contributed by atoms with E-state index in [1.807, 2.05) is 0 Å². The van der Waals surface area contributed by atoms with Gasteiger partial charge in [0, 0.05) is 5.92 Å². The molecule has 0 atom stereocenters. The minimum Gasteiger partial charge on any atom is -0.220 e. The van der Waals surface area contributed by atoms with Gasteiger partial charge in [-0.15, -0.1) is 5.10 Å². The molecule has 1 aromatic heterocycles. The molecule has 58 valence electrons. The van der Waals surface area contributed by atoms with Gasteiger partial charge >= 0.3 is 0 Å². The van der Waals surface area contributed by atoms with E-state index in [0.29, 0.717) is 5.92 Å². The Morgan fingerprint density at radius 2 is 2.27 bits per heavy atom. The van der Waals surface area contributed by atoms with E-state index in [-0.39, 0.29) is 5.28 Å².